The van der Waals surface area contributed by atoms with Gasteiger partial charge in [0.1, 0.15) is 5.75 Å². The number of anilines is 1. The van der Waals surface area contributed by atoms with Gasteiger partial charge in [-0.2, -0.15) is 10.2 Å². The Hall–Kier alpha value is -2.36. The Morgan fingerprint density at radius 3 is 1.96 bits per heavy atom. The molecule has 0 radical (unpaired) electrons. The molecule has 2 rings (SSSR count). The Morgan fingerprint density at radius 2 is 1.44 bits per heavy atom. The smallest absolute Gasteiger partial charge is 0.119 e. The molecule has 2 aromatic rings. The van der Waals surface area contributed by atoms with Crippen LogP contribution in [0.3, 0.4) is 0 Å². The van der Waals surface area contributed by atoms with E-state index in [9.17, 15) is 0 Å². The quantitative estimate of drug-likeness (QED) is 0.460. The lowest BCUT2D eigenvalue weighted by molar-refractivity contribution is 0.240. The van der Waals surface area contributed by atoms with Crippen LogP contribution in [0.15, 0.2) is 58.8 Å². The lowest BCUT2D eigenvalue weighted by Crippen LogP contribution is -2.13. The Morgan fingerprint density at radius 1 is 0.920 bits per heavy atom. The maximum atomic E-state index is 5.84. The molecular weight excluding hydrogens is 310 g/mol. The summed E-state index contributed by atoms with van der Waals surface area (Å²) in [7, 11) is 0. The van der Waals surface area contributed by atoms with E-state index < -0.39 is 0 Å². The molecule has 2 N–H and O–H groups in total. The molecule has 1 atom stereocenters. The molecule has 0 heterocycles. The summed E-state index contributed by atoms with van der Waals surface area (Å²) in [6, 6.07) is 15.0. The first-order chi connectivity index (χ1) is 11.8. The van der Waals surface area contributed by atoms with Crippen molar-refractivity contribution in [2.45, 2.75) is 40.5 Å². The van der Waals surface area contributed by atoms with Gasteiger partial charge in [0.15, 0.2) is 0 Å². The third-order valence-corrected chi connectivity index (χ3v) is 3.85. The van der Waals surface area contributed by atoms with Gasteiger partial charge in [-0.15, -0.1) is 0 Å². The zero-order chi connectivity index (χ0) is 18.3. The van der Waals surface area contributed by atoms with E-state index >= 15 is 0 Å². The predicted octanol–water partition coefficient (Wildman–Crippen LogP) is 6.53. The van der Waals surface area contributed by atoms with E-state index in [4.69, 9.17) is 10.5 Å². The third-order valence-electron chi connectivity index (χ3n) is 3.85. The largest absolute Gasteiger partial charge is 0.494 e. The van der Waals surface area contributed by atoms with Crippen LogP contribution in [0.1, 0.15) is 40.5 Å². The van der Waals surface area contributed by atoms with Gasteiger partial charge in [-0.05, 0) is 72.7 Å². The zero-order valence-corrected chi connectivity index (χ0v) is 15.7. The highest BCUT2D eigenvalue weighted by atomic mass is 16.5. The van der Waals surface area contributed by atoms with Crippen molar-refractivity contribution in [3.05, 3.63) is 48.5 Å². The monoisotopic (exact) mass is 339 g/mol. The normalized spacial score (nSPS) is 13.1. The van der Waals surface area contributed by atoms with E-state index in [1.165, 1.54) is 6.42 Å². The fourth-order valence-corrected chi connectivity index (χ4v) is 2.79. The molecule has 25 heavy (non-hydrogen) atoms. The topological polar surface area (TPSA) is 60.0 Å². The SMILES string of the molecule is CC(CCOc1ccc(N=Nc2ccc(N)cc2)cc1)CC(C)(C)C. The standard InChI is InChI=1S/C21H29N3O/c1-16(15-21(2,3)4)13-14-25-20-11-9-19(10-12-20)24-23-18-7-5-17(22)6-8-18/h5-12,16H,13-15,22H2,1-4H3. The number of nitrogens with two attached hydrogens (primary N) is 1. The van der Waals surface area contributed by atoms with E-state index in [1.807, 2.05) is 48.5 Å². The van der Waals surface area contributed by atoms with Crippen LogP contribution >= 0.6 is 0 Å². The molecule has 134 valence electrons. The second-order valence-corrected chi connectivity index (χ2v) is 7.79. The average Bonchev–Trinajstić information content (AvgIpc) is 2.54. The van der Waals surface area contributed by atoms with Gasteiger partial charge < -0.3 is 10.5 Å². The van der Waals surface area contributed by atoms with Crippen LogP contribution in [-0.4, -0.2) is 6.61 Å². The Balaban J connectivity index is 1.80. The van der Waals surface area contributed by atoms with Crippen LogP contribution in [0, 0.1) is 11.3 Å². The second-order valence-electron chi connectivity index (χ2n) is 7.79. The zero-order valence-electron chi connectivity index (χ0n) is 15.7. The lowest BCUT2D eigenvalue weighted by Gasteiger charge is -2.23. The van der Waals surface area contributed by atoms with Crippen molar-refractivity contribution in [3.8, 4) is 5.75 Å². The number of benzene rings is 2. The summed E-state index contributed by atoms with van der Waals surface area (Å²) in [4.78, 5) is 0. The molecule has 4 heteroatoms. The van der Waals surface area contributed by atoms with Gasteiger partial charge in [0.25, 0.3) is 0 Å². The average molecular weight is 339 g/mol. The van der Waals surface area contributed by atoms with Crippen molar-refractivity contribution in [1.82, 2.24) is 0 Å². The molecule has 0 aromatic heterocycles. The first kappa shape index (κ1) is 19.0. The van der Waals surface area contributed by atoms with Crippen molar-refractivity contribution in [2.75, 3.05) is 12.3 Å². The lowest BCUT2D eigenvalue weighted by atomic mass is 9.84. The van der Waals surface area contributed by atoms with Crippen LogP contribution in [-0.2, 0) is 0 Å². The summed E-state index contributed by atoms with van der Waals surface area (Å²) >= 11 is 0. The van der Waals surface area contributed by atoms with Crippen LogP contribution in [0.25, 0.3) is 0 Å². The number of nitrogen functional groups attached to an aromatic ring is 1. The van der Waals surface area contributed by atoms with Gasteiger partial charge in [-0.1, -0.05) is 27.7 Å². The van der Waals surface area contributed by atoms with Gasteiger partial charge in [-0.25, -0.2) is 0 Å². The Labute approximate surface area is 151 Å². The van der Waals surface area contributed by atoms with Gasteiger partial charge in [0.05, 0.1) is 18.0 Å². The summed E-state index contributed by atoms with van der Waals surface area (Å²) < 4.78 is 5.84. The summed E-state index contributed by atoms with van der Waals surface area (Å²) in [5.41, 5.74) is 8.32. The predicted molar refractivity (Wildman–Crippen MR) is 105 cm³/mol. The molecule has 0 spiro atoms. The first-order valence-corrected chi connectivity index (χ1v) is 8.82. The van der Waals surface area contributed by atoms with Crippen molar-refractivity contribution < 1.29 is 4.74 Å². The molecule has 2 aromatic carbocycles. The number of nitrogens with zero attached hydrogens (tertiary/aromatic N) is 2. The van der Waals surface area contributed by atoms with E-state index in [2.05, 4.69) is 37.9 Å². The molecule has 1 unspecified atom stereocenters. The van der Waals surface area contributed by atoms with Crippen LogP contribution < -0.4 is 10.5 Å². The minimum Gasteiger partial charge on any atom is -0.494 e. The fourth-order valence-electron chi connectivity index (χ4n) is 2.79. The number of rotatable bonds is 7. The maximum Gasteiger partial charge on any atom is 0.119 e. The second kappa shape index (κ2) is 8.65. The van der Waals surface area contributed by atoms with Gasteiger partial charge in [0, 0.05) is 5.69 Å². The molecular formula is C21H29N3O. The van der Waals surface area contributed by atoms with Crippen molar-refractivity contribution in [1.29, 1.82) is 0 Å². The fraction of sp³-hybridized carbons (Fsp3) is 0.429. The Kier molecular flexibility index (Phi) is 6.57. The molecule has 0 saturated carbocycles. The highest BCUT2D eigenvalue weighted by Crippen LogP contribution is 2.26. The van der Waals surface area contributed by atoms with E-state index in [0.29, 0.717) is 11.3 Å². The van der Waals surface area contributed by atoms with E-state index in [0.717, 1.165) is 35.8 Å². The third kappa shape index (κ3) is 7.38. The first-order valence-electron chi connectivity index (χ1n) is 8.82. The molecule has 0 amide bonds. The molecule has 0 fully saturated rings. The molecule has 4 nitrogen and oxygen atoms in total. The number of ether oxygens (including phenoxy) is 1. The van der Waals surface area contributed by atoms with E-state index in [-0.39, 0.29) is 0 Å². The molecule has 0 bridgehead atoms. The molecule has 0 aliphatic rings. The summed E-state index contributed by atoms with van der Waals surface area (Å²) in [5.74, 6) is 1.53. The summed E-state index contributed by atoms with van der Waals surface area (Å²) in [5, 5.41) is 8.42. The van der Waals surface area contributed by atoms with Crippen molar-refractivity contribution >= 4 is 17.1 Å². The molecule has 0 aliphatic heterocycles. The highest BCUT2D eigenvalue weighted by Gasteiger charge is 2.15. The van der Waals surface area contributed by atoms with Crippen LogP contribution in [0.5, 0.6) is 5.75 Å². The highest BCUT2D eigenvalue weighted by molar-refractivity contribution is 5.48. The molecule has 0 saturated heterocycles. The summed E-state index contributed by atoms with van der Waals surface area (Å²) in [6.45, 7) is 9.87. The number of hydrogen-bond acceptors (Lipinski definition) is 4. The van der Waals surface area contributed by atoms with Crippen LogP contribution in [0.4, 0.5) is 17.1 Å². The van der Waals surface area contributed by atoms with Crippen molar-refractivity contribution in [2.24, 2.45) is 21.6 Å². The number of hydrogen-bond donors (Lipinski definition) is 1. The maximum absolute atomic E-state index is 5.84. The van der Waals surface area contributed by atoms with Gasteiger partial charge in [-0.3, -0.25) is 0 Å². The minimum absolute atomic E-state index is 0.372. The summed E-state index contributed by atoms with van der Waals surface area (Å²) in [6.07, 6.45) is 2.27. The molecule has 0 aliphatic carbocycles. The van der Waals surface area contributed by atoms with Gasteiger partial charge >= 0.3 is 0 Å². The number of azo groups is 1. The van der Waals surface area contributed by atoms with E-state index in [1.54, 1.807) is 0 Å². The minimum atomic E-state index is 0.372. The van der Waals surface area contributed by atoms with Crippen LogP contribution in [0.2, 0.25) is 0 Å². The Bertz CT molecular complexity index is 670. The van der Waals surface area contributed by atoms with Crippen molar-refractivity contribution in [3.63, 3.8) is 0 Å². The van der Waals surface area contributed by atoms with Gasteiger partial charge in [0.2, 0.25) is 0 Å².